The molecule has 0 bridgehead atoms. The van der Waals surface area contributed by atoms with E-state index >= 15 is 4.39 Å². The number of aromatic nitrogens is 4. The fourth-order valence-corrected chi connectivity index (χ4v) is 4.34. The van der Waals surface area contributed by atoms with E-state index in [0.29, 0.717) is 27.7 Å². The number of imidazole rings is 1. The number of hydrogen-bond acceptors (Lipinski definition) is 4. The largest absolute Gasteiger partial charge is 0.359 e. The van der Waals surface area contributed by atoms with E-state index in [9.17, 15) is 14.0 Å². The van der Waals surface area contributed by atoms with Crippen LogP contribution in [0.2, 0.25) is 5.02 Å². The Balaban J connectivity index is 1.58. The number of hydrogen-bond donors (Lipinski definition) is 3. The second-order valence-corrected chi connectivity index (χ2v) is 8.45. The number of halogens is 3. The van der Waals surface area contributed by atoms with Crippen molar-refractivity contribution in [2.24, 2.45) is 5.92 Å². The zero-order chi connectivity index (χ0) is 23.4. The van der Waals surface area contributed by atoms with Crippen molar-refractivity contribution in [3.63, 3.8) is 0 Å². The average Bonchev–Trinajstić information content (AvgIpc) is 3.17. The molecule has 1 aliphatic rings. The van der Waals surface area contributed by atoms with Crippen LogP contribution in [0.25, 0.3) is 27.7 Å². The number of anilines is 1. The molecule has 1 fully saturated rings. The summed E-state index contributed by atoms with van der Waals surface area (Å²) in [7, 11) is 1.48. The molecule has 0 aliphatic heterocycles. The first kappa shape index (κ1) is 21.3. The number of fused-ring (bicyclic) bond motifs is 2. The SMILES string of the molecule is CNC(=O)C(C)c1c(F)c(Cl)c(-c2ccc3nc(NC(=O)C4CC4F)cn3c2)c2cn[nH]c12. The first-order chi connectivity index (χ1) is 15.8. The van der Waals surface area contributed by atoms with E-state index < -0.39 is 29.7 Å². The molecule has 8 nitrogen and oxygen atoms in total. The number of carbonyl (C=O) groups excluding carboxylic acids is 2. The molecule has 5 rings (SSSR count). The van der Waals surface area contributed by atoms with Crippen LogP contribution in [0.5, 0.6) is 0 Å². The lowest BCUT2D eigenvalue weighted by Crippen LogP contribution is -2.24. The summed E-state index contributed by atoms with van der Waals surface area (Å²) < 4.78 is 30.2. The van der Waals surface area contributed by atoms with Gasteiger partial charge >= 0.3 is 0 Å². The molecule has 3 atom stereocenters. The topological polar surface area (TPSA) is 104 Å². The molecular weight excluding hydrogens is 454 g/mol. The predicted octanol–water partition coefficient (Wildman–Crippen LogP) is 3.82. The van der Waals surface area contributed by atoms with Gasteiger partial charge in [-0.15, -0.1) is 0 Å². The first-order valence-corrected chi connectivity index (χ1v) is 10.7. The van der Waals surface area contributed by atoms with Gasteiger partial charge in [-0.05, 0) is 25.5 Å². The molecule has 3 aromatic heterocycles. The van der Waals surface area contributed by atoms with Crippen molar-refractivity contribution in [2.75, 3.05) is 12.4 Å². The van der Waals surface area contributed by atoms with Gasteiger partial charge in [0.25, 0.3) is 0 Å². The van der Waals surface area contributed by atoms with Crippen LogP contribution in [0, 0.1) is 11.7 Å². The van der Waals surface area contributed by atoms with Gasteiger partial charge in [0.1, 0.15) is 17.6 Å². The molecule has 3 unspecified atom stereocenters. The molecular formula is C22H19ClF2N6O2. The predicted molar refractivity (Wildman–Crippen MR) is 119 cm³/mol. The zero-order valence-electron chi connectivity index (χ0n) is 17.6. The molecule has 3 N–H and O–H groups in total. The van der Waals surface area contributed by atoms with Gasteiger partial charge in [-0.3, -0.25) is 14.7 Å². The Kier molecular flexibility index (Phi) is 5.04. The molecule has 1 saturated carbocycles. The normalized spacial score (nSPS) is 18.5. The molecule has 33 heavy (non-hydrogen) atoms. The summed E-state index contributed by atoms with van der Waals surface area (Å²) >= 11 is 6.48. The molecule has 1 aromatic carbocycles. The van der Waals surface area contributed by atoms with E-state index in [4.69, 9.17) is 11.6 Å². The highest BCUT2D eigenvalue weighted by Crippen LogP contribution is 2.41. The van der Waals surface area contributed by atoms with Gasteiger partial charge in [0.05, 0.1) is 34.8 Å². The minimum absolute atomic E-state index is 0.134. The summed E-state index contributed by atoms with van der Waals surface area (Å²) in [6.07, 6.45) is 3.94. The van der Waals surface area contributed by atoms with Gasteiger partial charge < -0.3 is 15.0 Å². The van der Waals surface area contributed by atoms with Gasteiger partial charge in [0.15, 0.2) is 5.82 Å². The lowest BCUT2D eigenvalue weighted by Gasteiger charge is -2.16. The highest BCUT2D eigenvalue weighted by atomic mass is 35.5. The summed E-state index contributed by atoms with van der Waals surface area (Å²) in [6.45, 7) is 1.59. The van der Waals surface area contributed by atoms with Gasteiger partial charge in [-0.1, -0.05) is 11.6 Å². The minimum atomic E-state index is -1.10. The number of nitrogens with one attached hydrogen (secondary N) is 3. The maximum absolute atomic E-state index is 15.4. The quantitative estimate of drug-likeness (QED) is 0.411. The van der Waals surface area contributed by atoms with Crippen molar-refractivity contribution in [1.82, 2.24) is 24.9 Å². The van der Waals surface area contributed by atoms with Crippen LogP contribution in [0.1, 0.15) is 24.8 Å². The van der Waals surface area contributed by atoms with Gasteiger partial charge in [-0.2, -0.15) is 5.10 Å². The van der Waals surface area contributed by atoms with Crippen molar-refractivity contribution in [2.45, 2.75) is 25.4 Å². The zero-order valence-corrected chi connectivity index (χ0v) is 18.4. The maximum atomic E-state index is 15.4. The second kappa shape index (κ2) is 7.80. The van der Waals surface area contributed by atoms with E-state index in [2.05, 4.69) is 25.8 Å². The highest BCUT2D eigenvalue weighted by molar-refractivity contribution is 6.35. The summed E-state index contributed by atoms with van der Waals surface area (Å²) in [5, 5.41) is 12.4. The fraction of sp³-hybridized carbons (Fsp3) is 0.273. The number of carbonyl (C=O) groups is 2. The van der Waals surface area contributed by atoms with Crippen LogP contribution in [0.3, 0.4) is 0 Å². The Hall–Kier alpha value is -3.53. The minimum Gasteiger partial charge on any atom is -0.359 e. The third kappa shape index (κ3) is 3.50. The van der Waals surface area contributed by atoms with Gasteiger partial charge in [-0.25, -0.2) is 13.8 Å². The Morgan fingerprint density at radius 2 is 2.09 bits per heavy atom. The summed E-state index contributed by atoms with van der Waals surface area (Å²) in [6, 6.07) is 3.42. The Morgan fingerprint density at radius 3 is 2.79 bits per heavy atom. The highest BCUT2D eigenvalue weighted by Gasteiger charge is 2.43. The number of nitrogens with zero attached hydrogens (tertiary/aromatic N) is 3. The number of pyridine rings is 1. The number of benzene rings is 1. The van der Waals surface area contributed by atoms with E-state index in [0.717, 1.165) is 0 Å². The number of likely N-dealkylation sites (N-methyl/N-ethyl adjacent to an activating group) is 1. The van der Waals surface area contributed by atoms with E-state index in [1.165, 1.54) is 13.2 Å². The van der Waals surface area contributed by atoms with Crippen LogP contribution in [-0.4, -0.2) is 44.6 Å². The number of aromatic amines is 1. The van der Waals surface area contributed by atoms with Crippen molar-refractivity contribution in [3.05, 3.63) is 47.1 Å². The van der Waals surface area contributed by atoms with Crippen LogP contribution in [0.15, 0.2) is 30.7 Å². The second-order valence-electron chi connectivity index (χ2n) is 8.07. The summed E-state index contributed by atoms with van der Waals surface area (Å²) in [5.41, 5.74) is 2.04. The van der Waals surface area contributed by atoms with E-state index in [-0.39, 0.29) is 28.7 Å². The Labute approximate surface area is 191 Å². The van der Waals surface area contributed by atoms with Crippen molar-refractivity contribution in [3.8, 4) is 11.1 Å². The Morgan fingerprint density at radius 1 is 1.33 bits per heavy atom. The third-order valence-corrected chi connectivity index (χ3v) is 6.29. The smallest absolute Gasteiger partial charge is 0.231 e. The average molecular weight is 473 g/mol. The number of amides is 2. The van der Waals surface area contributed by atoms with Crippen molar-refractivity contribution in [1.29, 1.82) is 0 Å². The van der Waals surface area contributed by atoms with Crippen LogP contribution < -0.4 is 10.6 Å². The molecule has 0 spiro atoms. The summed E-state index contributed by atoms with van der Waals surface area (Å²) in [5.74, 6) is -2.59. The maximum Gasteiger partial charge on any atom is 0.231 e. The number of H-pyrrole nitrogens is 1. The number of alkyl halides is 1. The van der Waals surface area contributed by atoms with Crippen LogP contribution in [-0.2, 0) is 9.59 Å². The van der Waals surface area contributed by atoms with E-state index in [1.54, 1.807) is 35.9 Å². The monoisotopic (exact) mass is 472 g/mol. The van der Waals surface area contributed by atoms with Crippen LogP contribution >= 0.6 is 11.6 Å². The standard InChI is InChI=1S/C22H19ClF2N6O2/c1-9(21(32)26-2)16-19(25)18(23)17(12-6-27-30-20(12)16)10-3-4-15-28-14(8-31(15)7-10)29-22(33)11-5-13(11)24/h3-4,6-9,11,13H,5H2,1-2H3,(H,26,32)(H,27,30)(H,29,33). The molecule has 0 saturated heterocycles. The Bertz CT molecular complexity index is 1430. The third-order valence-electron chi connectivity index (χ3n) is 5.94. The molecule has 1 aliphatic carbocycles. The van der Waals surface area contributed by atoms with Crippen molar-refractivity contribution >= 4 is 45.8 Å². The molecule has 0 radical (unpaired) electrons. The fourth-order valence-electron chi connectivity index (χ4n) is 4.03. The molecule has 2 amide bonds. The lowest BCUT2D eigenvalue weighted by molar-refractivity contribution is -0.121. The lowest BCUT2D eigenvalue weighted by atomic mass is 9.93. The van der Waals surface area contributed by atoms with Gasteiger partial charge in [0.2, 0.25) is 11.8 Å². The molecule has 4 aromatic rings. The molecule has 11 heteroatoms. The molecule has 170 valence electrons. The van der Waals surface area contributed by atoms with Crippen LogP contribution in [0.4, 0.5) is 14.6 Å². The summed E-state index contributed by atoms with van der Waals surface area (Å²) in [4.78, 5) is 28.5. The number of rotatable bonds is 5. The van der Waals surface area contributed by atoms with Crippen molar-refractivity contribution < 1.29 is 18.4 Å². The van der Waals surface area contributed by atoms with E-state index in [1.807, 2.05) is 0 Å². The van der Waals surface area contributed by atoms with Gasteiger partial charge in [0, 0.05) is 35.3 Å². The molecule has 3 heterocycles. The first-order valence-electron chi connectivity index (χ1n) is 10.3.